The largest absolute Gasteiger partial charge is 0.462 e. The summed E-state index contributed by atoms with van der Waals surface area (Å²) in [5.41, 5.74) is 2.76. The molecule has 0 aliphatic heterocycles. The molecule has 0 aliphatic rings. The number of anilines is 1. The van der Waals surface area contributed by atoms with Crippen LogP contribution in [0.5, 0.6) is 0 Å². The maximum absolute atomic E-state index is 12.2. The molecule has 1 heterocycles. The van der Waals surface area contributed by atoms with Crippen molar-refractivity contribution in [3.63, 3.8) is 0 Å². The molecule has 0 atom stereocenters. The lowest BCUT2D eigenvalue weighted by Gasteiger charge is -2.12. The third-order valence-electron chi connectivity index (χ3n) is 3.19. The van der Waals surface area contributed by atoms with Crippen LogP contribution in [0.25, 0.3) is 0 Å². The molecule has 0 bridgehead atoms. The number of hydrogen-bond acceptors (Lipinski definition) is 5. The molecular formula is C18H20N2O3S. The zero-order valence-corrected chi connectivity index (χ0v) is 14.8. The Morgan fingerprint density at radius 2 is 1.92 bits per heavy atom. The number of carbonyl (C=O) groups is 2. The highest BCUT2D eigenvalue weighted by Gasteiger charge is 2.19. The van der Waals surface area contributed by atoms with Crippen molar-refractivity contribution < 1.29 is 14.3 Å². The van der Waals surface area contributed by atoms with E-state index < -0.39 is 5.97 Å². The highest BCUT2D eigenvalue weighted by atomic mass is 32.2. The lowest BCUT2D eigenvalue weighted by Crippen LogP contribution is -2.15. The molecule has 1 amide bonds. The van der Waals surface area contributed by atoms with Crippen LogP contribution in [0.4, 0.5) is 5.69 Å². The number of nitrogens with zero attached hydrogens (tertiary/aromatic N) is 1. The second-order valence-corrected chi connectivity index (χ2v) is 6.15. The van der Waals surface area contributed by atoms with E-state index in [0.717, 1.165) is 16.9 Å². The first kappa shape index (κ1) is 18.0. The molecule has 0 fully saturated rings. The number of rotatable bonds is 6. The predicted molar refractivity (Wildman–Crippen MR) is 95.5 cm³/mol. The Bertz CT molecular complexity index is 733. The van der Waals surface area contributed by atoms with Gasteiger partial charge in [-0.25, -0.2) is 9.78 Å². The van der Waals surface area contributed by atoms with Gasteiger partial charge < -0.3 is 10.1 Å². The van der Waals surface area contributed by atoms with E-state index in [1.54, 1.807) is 6.92 Å². The summed E-state index contributed by atoms with van der Waals surface area (Å²) < 4.78 is 5.10. The molecule has 2 rings (SSSR count). The average Bonchev–Trinajstić information content (AvgIpc) is 2.53. The van der Waals surface area contributed by atoms with Gasteiger partial charge in [-0.05, 0) is 44.5 Å². The topological polar surface area (TPSA) is 68.3 Å². The standard InChI is InChI=1S/C18H20N2O3S/c1-4-23-18(22)16-12(2)10-13(3)19-17(16)24-11-15(21)20-14-8-6-5-7-9-14/h5-10H,4,11H2,1-3H3,(H,20,21). The number of thioether (sulfide) groups is 1. The SMILES string of the molecule is CCOC(=O)c1c(C)cc(C)nc1SCC(=O)Nc1ccccc1. The molecule has 0 unspecified atom stereocenters. The molecule has 5 nitrogen and oxygen atoms in total. The fourth-order valence-electron chi connectivity index (χ4n) is 2.21. The van der Waals surface area contributed by atoms with Crippen LogP contribution in [0.15, 0.2) is 41.4 Å². The van der Waals surface area contributed by atoms with Gasteiger partial charge in [0.15, 0.2) is 0 Å². The van der Waals surface area contributed by atoms with Crippen LogP contribution in [-0.2, 0) is 9.53 Å². The van der Waals surface area contributed by atoms with E-state index in [2.05, 4.69) is 10.3 Å². The molecule has 0 saturated carbocycles. The molecule has 6 heteroatoms. The number of aryl methyl sites for hydroxylation is 2. The highest BCUT2D eigenvalue weighted by Crippen LogP contribution is 2.25. The number of esters is 1. The third-order valence-corrected chi connectivity index (χ3v) is 4.16. The van der Waals surface area contributed by atoms with Gasteiger partial charge >= 0.3 is 5.97 Å². The Balaban J connectivity index is 2.11. The van der Waals surface area contributed by atoms with Gasteiger partial charge in [-0.2, -0.15) is 0 Å². The van der Waals surface area contributed by atoms with Crippen molar-refractivity contribution in [1.29, 1.82) is 0 Å². The van der Waals surface area contributed by atoms with Gasteiger partial charge in [0.2, 0.25) is 5.91 Å². The van der Waals surface area contributed by atoms with E-state index in [4.69, 9.17) is 4.74 Å². The minimum absolute atomic E-state index is 0.151. The van der Waals surface area contributed by atoms with Gasteiger partial charge in [-0.3, -0.25) is 4.79 Å². The van der Waals surface area contributed by atoms with Crippen LogP contribution in [0.2, 0.25) is 0 Å². The number of para-hydroxylation sites is 1. The Morgan fingerprint density at radius 3 is 2.58 bits per heavy atom. The second kappa shape index (κ2) is 8.49. The monoisotopic (exact) mass is 344 g/mol. The fourth-order valence-corrected chi connectivity index (χ4v) is 3.15. The molecule has 0 aliphatic carbocycles. The molecule has 24 heavy (non-hydrogen) atoms. The molecular weight excluding hydrogens is 324 g/mol. The van der Waals surface area contributed by atoms with Crippen molar-refractivity contribution in [3.05, 3.63) is 53.2 Å². The van der Waals surface area contributed by atoms with Crippen LogP contribution in [0.3, 0.4) is 0 Å². The van der Waals surface area contributed by atoms with Gasteiger partial charge in [0, 0.05) is 11.4 Å². The van der Waals surface area contributed by atoms with Crippen LogP contribution in [0, 0.1) is 13.8 Å². The summed E-state index contributed by atoms with van der Waals surface area (Å²) >= 11 is 1.23. The van der Waals surface area contributed by atoms with Crippen LogP contribution in [0.1, 0.15) is 28.5 Å². The van der Waals surface area contributed by atoms with Crippen molar-refractivity contribution in [2.75, 3.05) is 17.7 Å². The summed E-state index contributed by atoms with van der Waals surface area (Å²) in [5, 5.41) is 3.33. The number of pyridine rings is 1. The van der Waals surface area contributed by atoms with Crippen molar-refractivity contribution >= 4 is 29.3 Å². The van der Waals surface area contributed by atoms with Crippen molar-refractivity contribution in [1.82, 2.24) is 4.98 Å². The maximum Gasteiger partial charge on any atom is 0.341 e. The van der Waals surface area contributed by atoms with Gasteiger partial charge in [0.05, 0.1) is 17.9 Å². The van der Waals surface area contributed by atoms with Gasteiger partial charge in [-0.15, -0.1) is 0 Å². The number of benzene rings is 1. The van der Waals surface area contributed by atoms with Crippen molar-refractivity contribution in [2.45, 2.75) is 25.8 Å². The Morgan fingerprint density at radius 1 is 1.21 bits per heavy atom. The first-order valence-corrected chi connectivity index (χ1v) is 8.63. The molecule has 2 aromatic rings. The van der Waals surface area contributed by atoms with Crippen LogP contribution < -0.4 is 5.32 Å². The third kappa shape index (κ3) is 4.83. The van der Waals surface area contributed by atoms with Crippen LogP contribution in [-0.4, -0.2) is 29.2 Å². The minimum atomic E-state index is -0.409. The summed E-state index contributed by atoms with van der Waals surface area (Å²) in [7, 11) is 0. The normalized spacial score (nSPS) is 10.3. The van der Waals surface area contributed by atoms with Gasteiger partial charge in [0.25, 0.3) is 0 Å². The summed E-state index contributed by atoms with van der Waals surface area (Å²) in [6, 6.07) is 11.1. The van der Waals surface area contributed by atoms with E-state index >= 15 is 0 Å². The second-order valence-electron chi connectivity index (χ2n) is 5.18. The lowest BCUT2D eigenvalue weighted by atomic mass is 10.1. The summed E-state index contributed by atoms with van der Waals surface area (Å²) in [6.07, 6.45) is 0. The highest BCUT2D eigenvalue weighted by molar-refractivity contribution is 8.00. The molecule has 1 aromatic heterocycles. The maximum atomic E-state index is 12.2. The molecule has 0 radical (unpaired) electrons. The molecule has 0 spiro atoms. The number of ether oxygens (including phenoxy) is 1. The smallest absolute Gasteiger partial charge is 0.341 e. The fraction of sp³-hybridized carbons (Fsp3) is 0.278. The number of nitrogens with one attached hydrogen (secondary N) is 1. The number of carbonyl (C=O) groups excluding carboxylic acids is 2. The number of hydrogen-bond donors (Lipinski definition) is 1. The van der Waals surface area contributed by atoms with Crippen LogP contribution >= 0.6 is 11.8 Å². The van der Waals surface area contributed by atoms with Gasteiger partial charge in [0.1, 0.15) is 5.03 Å². The molecule has 1 N–H and O–H groups in total. The van der Waals surface area contributed by atoms with E-state index in [1.165, 1.54) is 11.8 Å². The summed E-state index contributed by atoms with van der Waals surface area (Å²) in [5.74, 6) is -0.396. The molecule has 0 saturated heterocycles. The van der Waals surface area contributed by atoms with E-state index in [0.29, 0.717) is 17.2 Å². The first-order valence-electron chi connectivity index (χ1n) is 7.64. The summed E-state index contributed by atoms with van der Waals surface area (Å²) in [6.45, 7) is 5.75. The van der Waals surface area contributed by atoms with E-state index in [9.17, 15) is 9.59 Å². The quantitative estimate of drug-likeness (QED) is 0.640. The number of aromatic nitrogens is 1. The molecule has 126 valence electrons. The zero-order chi connectivity index (χ0) is 17.5. The average molecular weight is 344 g/mol. The zero-order valence-electron chi connectivity index (χ0n) is 14.0. The number of amides is 1. The lowest BCUT2D eigenvalue weighted by molar-refractivity contribution is -0.113. The Hall–Kier alpha value is -2.34. The molecule has 1 aromatic carbocycles. The van der Waals surface area contributed by atoms with Gasteiger partial charge in [-0.1, -0.05) is 30.0 Å². The van der Waals surface area contributed by atoms with E-state index in [-0.39, 0.29) is 11.7 Å². The first-order chi connectivity index (χ1) is 11.5. The van der Waals surface area contributed by atoms with Crippen molar-refractivity contribution in [3.8, 4) is 0 Å². The van der Waals surface area contributed by atoms with E-state index in [1.807, 2.05) is 50.2 Å². The minimum Gasteiger partial charge on any atom is -0.462 e. The Kier molecular flexibility index (Phi) is 6.37. The summed E-state index contributed by atoms with van der Waals surface area (Å²) in [4.78, 5) is 28.6. The Labute approximate surface area is 145 Å². The van der Waals surface area contributed by atoms with Crippen molar-refractivity contribution in [2.24, 2.45) is 0 Å². The predicted octanol–water partition coefficient (Wildman–Crippen LogP) is 3.61.